The van der Waals surface area contributed by atoms with Gasteiger partial charge in [-0.3, -0.25) is 0 Å². The summed E-state index contributed by atoms with van der Waals surface area (Å²) in [4.78, 5) is 0.954. The number of rotatable bonds is 5. The maximum Gasteiger partial charge on any atom is 0.257 e. The van der Waals surface area contributed by atoms with Crippen LogP contribution >= 0.6 is 39.0 Å². The van der Waals surface area contributed by atoms with Gasteiger partial charge in [0.2, 0.25) is 5.89 Å². The lowest BCUT2D eigenvalue weighted by Gasteiger charge is -2.03. The summed E-state index contributed by atoms with van der Waals surface area (Å²) in [6.07, 6.45) is 0. The van der Waals surface area contributed by atoms with E-state index in [-0.39, 0.29) is 11.9 Å². The van der Waals surface area contributed by atoms with Gasteiger partial charge in [0.25, 0.3) is 5.89 Å². The van der Waals surface area contributed by atoms with Crippen molar-refractivity contribution < 1.29 is 9.52 Å². The average Bonchev–Trinajstić information content (AvgIpc) is 2.94. The molecule has 17 heavy (non-hydrogen) atoms. The average molecular weight is 335 g/mol. The molecule has 0 saturated carbocycles. The van der Waals surface area contributed by atoms with Crippen LogP contribution in [-0.2, 0) is 5.75 Å². The molecule has 0 spiro atoms. The molecule has 0 aliphatic carbocycles. The number of thiophene rings is 1. The van der Waals surface area contributed by atoms with E-state index in [0.29, 0.717) is 17.5 Å². The number of thioether (sulfide) groups is 1. The normalized spacial score (nSPS) is 12.9. The molecular formula is C10H11BrN2O2S2. The van der Waals surface area contributed by atoms with Crippen LogP contribution in [0.15, 0.2) is 20.3 Å². The number of hydrogen-bond donors (Lipinski definition) is 1. The number of aliphatic hydroxyl groups is 1. The van der Waals surface area contributed by atoms with Crippen molar-refractivity contribution in [3.63, 3.8) is 0 Å². The lowest BCUT2D eigenvalue weighted by atomic mass is 10.5. The Morgan fingerprint density at radius 2 is 2.35 bits per heavy atom. The highest BCUT2D eigenvalue weighted by molar-refractivity contribution is 9.11. The molecule has 4 nitrogen and oxygen atoms in total. The van der Waals surface area contributed by atoms with Gasteiger partial charge in [-0.2, -0.15) is 0 Å². The molecule has 0 bridgehead atoms. The van der Waals surface area contributed by atoms with Gasteiger partial charge in [0.15, 0.2) is 0 Å². The zero-order valence-corrected chi connectivity index (χ0v) is 12.3. The Hall–Kier alpha value is -0.370. The molecule has 7 heteroatoms. The van der Waals surface area contributed by atoms with Crippen molar-refractivity contribution in [1.29, 1.82) is 0 Å². The molecule has 0 radical (unpaired) electrons. The Bertz CT molecular complexity index is 486. The summed E-state index contributed by atoms with van der Waals surface area (Å²) >= 11 is 6.54. The maximum atomic E-state index is 8.91. The molecule has 1 unspecified atom stereocenters. The highest BCUT2D eigenvalue weighted by Gasteiger charge is 2.11. The third-order valence-corrected chi connectivity index (χ3v) is 4.74. The SMILES string of the molecule is CC(CO)SCc1nnc(-c2ccc(Br)s2)o1. The molecule has 0 fully saturated rings. The van der Waals surface area contributed by atoms with Crippen LogP contribution < -0.4 is 0 Å². The summed E-state index contributed by atoms with van der Waals surface area (Å²) in [5.41, 5.74) is 0. The Labute approximate surface area is 116 Å². The van der Waals surface area contributed by atoms with Gasteiger partial charge >= 0.3 is 0 Å². The first kappa shape index (κ1) is 13.1. The van der Waals surface area contributed by atoms with E-state index in [1.54, 1.807) is 23.1 Å². The maximum absolute atomic E-state index is 8.91. The third-order valence-electron chi connectivity index (χ3n) is 2.00. The fourth-order valence-electron chi connectivity index (χ4n) is 1.11. The standard InChI is InChI=1S/C10H11BrN2O2S2/c1-6(4-14)16-5-9-12-13-10(15-9)7-2-3-8(11)17-7/h2-3,6,14H,4-5H2,1H3. The minimum atomic E-state index is 0.156. The fraction of sp³-hybridized carbons (Fsp3) is 0.400. The minimum Gasteiger partial charge on any atom is -0.419 e. The largest absolute Gasteiger partial charge is 0.419 e. The van der Waals surface area contributed by atoms with Crippen molar-refractivity contribution in [3.05, 3.63) is 21.8 Å². The minimum absolute atomic E-state index is 0.156. The van der Waals surface area contributed by atoms with Gasteiger partial charge in [0, 0.05) is 5.25 Å². The van der Waals surface area contributed by atoms with E-state index >= 15 is 0 Å². The second-order valence-corrected chi connectivity index (χ2v) is 7.30. The quantitative estimate of drug-likeness (QED) is 0.909. The van der Waals surface area contributed by atoms with E-state index in [9.17, 15) is 0 Å². The topological polar surface area (TPSA) is 59.2 Å². The molecule has 2 aromatic rings. The van der Waals surface area contributed by atoms with Crippen LogP contribution in [0.1, 0.15) is 12.8 Å². The summed E-state index contributed by atoms with van der Waals surface area (Å²) in [6, 6.07) is 3.89. The predicted octanol–water partition coefficient (Wildman–Crippen LogP) is 3.17. The first-order chi connectivity index (χ1) is 8.19. The van der Waals surface area contributed by atoms with Crippen LogP contribution in [0.4, 0.5) is 0 Å². The molecule has 2 rings (SSSR count). The van der Waals surface area contributed by atoms with E-state index < -0.39 is 0 Å². The molecular weight excluding hydrogens is 324 g/mol. The highest BCUT2D eigenvalue weighted by atomic mass is 79.9. The molecule has 1 N–H and O–H groups in total. The lowest BCUT2D eigenvalue weighted by molar-refractivity contribution is 0.300. The van der Waals surface area contributed by atoms with E-state index in [0.717, 1.165) is 8.66 Å². The Morgan fingerprint density at radius 1 is 1.53 bits per heavy atom. The Morgan fingerprint density at radius 3 is 3.00 bits per heavy atom. The number of aliphatic hydroxyl groups excluding tert-OH is 1. The van der Waals surface area contributed by atoms with E-state index in [1.165, 1.54) is 0 Å². The number of halogens is 1. The van der Waals surface area contributed by atoms with Crippen molar-refractivity contribution in [2.75, 3.05) is 6.61 Å². The zero-order chi connectivity index (χ0) is 12.3. The van der Waals surface area contributed by atoms with Crippen LogP contribution in [0.5, 0.6) is 0 Å². The smallest absolute Gasteiger partial charge is 0.257 e. The van der Waals surface area contributed by atoms with Crippen LogP contribution in [0, 0.1) is 0 Å². The second kappa shape index (κ2) is 5.99. The van der Waals surface area contributed by atoms with Crippen molar-refractivity contribution >= 4 is 39.0 Å². The van der Waals surface area contributed by atoms with Crippen molar-refractivity contribution in [3.8, 4) is 10.8 Å². The van der Waals surface area contributed by atoms with Gasteiger partial charge < -0.3 is 9.52 Å². The first-order valence-corrected chi connectivity index (χ1v) is 7.65. The fourth-order valence-corrected chi connectivity index (χ4v) is 3.06. The lowest BCUT2D eigenvalue weighted by Crippen LogP contribution is -2.02. The molecule has 0 aliphatic rings. The third kappa shape index (κ3) is 3.54. The van der Waals surface area contributed by atoms with Gasteiger partial charge in [-0.1, -0.05) is 6.92 Å². The molecule has 0 amide bonds. The molecule has 2 heterocycles. The second-order valence-electron chi connectivity index (χ2n) is 3.41. The number of nitrogens with zero attached hydrogens (tertiary/aromatic N) is 2. The van der Waals surface area contributed by atoms with Gasteiger partial charge in [-0.25, -0.2) is 0 Å². The van der Waals surface area contributed by atoms with E-state index in [1.807, 2.05) is 19.1 Å². The first-order valence-electron chi connectivity index (χ1n) is 4.99. The number of aromatic nitrogens is 2. The Kier molecular flexibility index (Phi) is 4.61. The summed E-state index contributed by atoms with van der Waals surface area (Å²) < 4.78 is 6.58. The monoisotopic (exact) mass is 334 g/mol. The Balaban J connectivity index is 2.01. The molecule has 1 atom stereocenters. The van der Waals surface area contributed by atoms with E-state index in [2.05, 4.69) is 26.1 Å². The summed E-state index contributed by atoms with van der Waals surface area (Å²) in [5, 5.41) is 17.1. The molecule has 0 aliphatic heterocycles. The molecule has 0 aromatic carbocycles. The van der Waals surface area contributed by atoms with E-state index in [4.69, 9.17) is 9.52 Å². The molecule has 0 saturated heterocycles. The predicted molar refractivity (Wildman–Crippen MR) is 73.2 cm³/mol. The van der Waals surface area contributed by atoms with Crippen LogP contribution in [0.3, 0.4) is 0 Å². The van der Waals surface area contributed by atoms with Crippen LogP contribution in [0.2, 0.25) is 0 Å². The van der Waals surface area contributed by atoms with Gasteiger partial charge in [-0.05, 0) is 28.1 Å². The van der Waals surface area contributed by atoms with Gasteiger partial charge in [-0.15, -0.1) is 33.3 Å². The highest BCUT2D eigenvalue weighted by Crippen LogP contribution is 2.30. The van der Waals surface area contributed by atoms with Crippen molar-refractivity contribution in [1.82, 2.24) is 10.2 Å². The van der Waals surface area contributed by atoms with Crippen molar-refractivity contribution in [2.45, 2.75) is 17.9 Å². The van der Waals surface area contributed by atoms with Gasteiger partial charge in [0.1, 0.15) is 0 Å². The zero-order valence-electron chi connectivity index (χ0n) is 9.09. The molecule has 92 valence electrons. The summed E-state index contributed by atoms with van der Waals surface area (Å²) in [7, 11) is 0. The molecule has 2 aromatic heterocycles. The van der Waals surface area contributed by atoms with Crippen LogP contribution in [0.25, 0.3) is 10.8 Å². The van der Waals surface area contributed by atoms with Crippen molar-refractivity contribution in [2.24, 2.45) is 0 Å². The number of hydrogen-bond acceptors (Lipinski definition) is 6. The summed E-state index contributed by atoms with van der Waals surface area (Å²) in [5.74, 6) is 1.77. The van der Waals surface area contributed by atoms with Crippen LogP contribution in [-0.4, -0.2) is 27.2 Å². The summed E-state index contributed by atoms with van der Waals surface area (Å²) in [6.45, 7) is 2.11. The van der Waals surface area contributed by atoms with Gasteiger partial charge in [0.05, 0.1) is 21.0 Å².